The molecule has 1 amide bonds. The molecule has 1 aromatic carbocycles. The Morgan fingerprint density at radius 2 is 2.15 bits per heavy atom. The molecule has 140 valence electrons. The average Bonchev–Trinajstić information content (AvgIpc) is 2.90. The van der Waals surface area contributed by atoms with Crippen LogP contribution in [0.2, 0.25) is 0 Å². The maximum Gasteiger partial charge on any atom is 0.368 e. The number of nitrogens with one attached hydrogen (secondary N) is 1. The number of phenols is 1. The summed E-state index contributed by atoms with van der Waals surface area (Å²) in [5.41, 5.74) is 0.107. The molecule has 2 aliphatic heterocycles. The highest BCUT2D eigenvalue weighted by Gasteiger charge is 2.28. The number of benzene rings is 1. The molecule has 0 saturated carbocycles. The van der Waals surface area contributed by atoms with Gasteiger partial charge in [-0.25, -0.2) is 0 Å². The van der Waals surface area contributed by atoms with Crippen molar-refractivity contribution in [2.45, 2.75) is 18.9 Å². The topological polar surface area (TPSA) is 141 Å². The number of amidine groups is 1. The summed E-state index contributed by atoms with van der Waals surface area (Å²) < 4.78 is 34.5. The van der Waals surface area contributed by atoms with Gasteiger partial charge in [0.25, 0.3) is 11.8 Å². The standard InChI is InChI=1S/C15H18N4O6S/c1-25-14-13(17-26(23,24)18-14)16-11-6-2-5-10(12(11)21)15(22)19-7-3-4-9(20)8-19/h2,5-6,9,20-21H,3-4,7-8H2,1H3,(H,16,17). The Balaban J connectivity index is 1.86. The van der Waals surface area contributed by atoms with Crippen LogP contribution < -0.4 is 5.32 Å². The molecular formula is C15H18N4O6S. The van der Waals surface area contributed by atoms with Gasteiger partial charge >= 0.3 is 10.2 Å². The van der Waals surface area contributed by atoms with Gasteiger partial charge in [0, 0.05) is 13.1 Å². The summed E-state index contributed by atoms with van der Waals surface area (Å²) >= 11 is 0. The van der Waals surface area contributed by atoms with Crippen molar-refractivity contribution < 1.29 is 28.2 Å². The predicted molar refractivity (Wildman–Crippen MR) is 93.7 cm³/mol. The number of methoxy groups -OCH3 is 1. The molecule has 26 heavy (non-hydrogen) atoms. The number of aliphatic hydroxyl groups is 1. The first-order valence-electron chi connectivity index (χ1n) is 7.86. The van der Waals surface area contributed by atoms with E-state index in [1.165, 1.54) is 30.2 Å². The van der Waals surface area contributed by atoms with Crippen LogP contribution in [-0.4, -0.2) is 67.5 Å². The lowest BCUT2D eigenvalue weighted by molar-refractivity contribution is 0.0471. The number of ether oxygens (including phenoxy) is 1. The quantitative estimate of drug-likeness (QED) is 0.616. The number of carbonyl (C=O) groups is 1. The number of likely N-dealkylation sites (tertiary alicyclic amines) is 1. The number of para-hydroxylation sites is 1. The third-order valence-electron chi connectivity index (χ3n) is 4.00. The summed E-state index contributed by atoms with van der Waals surface area (Å²) in [6, 6.07) is 4.43. The van der Waals surface area contributed by atoms with Gasteiger partial charge in [0.1, 0.15) is 0 Å². The summed E-state index contributed by atoms with van der Waals surface area (Å²) in [4.78, 5) is 14.1. The molecule has 1 aromatic rings. The first-order chi connectivity index (χ1) is 12.3. The number of rotatable bonds is 2. The molecule has 3 N–H and O–H groups in total. The van der Waals surface area contributed by atoms with Crippen molar-refractivity contribution >= 4 is 33.5 Å². The molecule has 0 aliphatic carbocycles. The molecule has 2 aliphatic rings. The molecule has 10 nitrogen and oxygen atoms in total. The molecule has 3 rings (SSSR count). The number of nitrogens with zero attached hydrogens (tertiary/aromatic N) is 3. The van der Waals surface area contributed by atoms with Gasteiger partial charge < -0.3 is 25.2 Å². The Morgan fingerprint density at radius 3 is 2.85 bits per heavy atom. The zero-order chi connectivity index (χ0) is 18.9. The van der Waals surface area contributed by atoms with Crippen LogP contribution in [0.1, 0.15) is 23.2 Å². The fraction of sp³-hybridized carbons (Fsp3) is 0.400. The Kier molecular flexibility index (Phi) is 4.83. The highest BCUT2D eigenvalue weighted by Crippen LogP contribution is 2.30. The summed E-state index contributed by atoms with van der Waals surface area (Å²) in [5, 5.41) is 22.8. The fourth-order valence-corrected chi connectivity index (χ4v) is 3.55. The summed E-state index contributed by atoms with van der Waals surface area (Å²) in [7, 11) is -2.80. The van der Waals surface area contributed by atoms with E-state index in [4.69, 9.17) is 4.74 Å². The van der Waals surface area contributed by atoms with Gasteiger partial charge in [-0.15, -0.1) is 8.80 Å². The maximum atomic E-state index is 12.6. The van der Waals surface area contributed by atoms with E-state index in [0.29, 0.717) is 19.4 Å². The molecular weight excluding hydrogens is 364 g/mol. The van der Waals surface area contributed by atoms with E-state index in [2.05, 4.69) is 14.1 Å². The monoisotopic (exact) mass is 382 g/mol. The lowest BCUT2D eigenvalue weighted by Gasteiger charge is -2.30. The number of β-amino-alcohol motifs (C(OH)–C–C–N with tert-alkyl or cyclic N) is 1. The van der Waals surface area contributed by atoms with Crippen LogP contribution in [0.25, 0.3) is 0 Å². The van der Waals surface area contributed by atoms with Crippen molar-refractivity contribution in [1.29, 1.82) is 0 Å². The molecule has 11 heteroatoms. The lowest BCUT2D eigenvalue weighted by Crippen LogP contribution is -2.42. The summed E-state index contributed by atoms with van der Waals surface area (Å²) in [6.07, 6.45) is 0.716. The van der Waals surface area contributed by atoms with Crippen LogP contribution in [0.4, 0.5) is 5.69 Å². The summed E-state index contributed by atoms with van der Waals surface area (Å²) in [6.45, 7) is 0.680. The number of anilines is 1. The number of aliphatic hydroxyl groups excluding tert-OH is 1. The molecule has 0 aromatic heterocycles. The van der Waals surface area contributed by atoms with Crippen molar-refractivity contribution in [3.63, 3.8) is 0 Å². The average molecular weight is 382 g/mol. The zero-order valence-electron chi connectivity index (χ0n) is 13.9. The Bertz CT molecular complexity index is 895. The van der Waals surface area contributed by atoms with Crippen LogP contribution in [0.3, 0.4) is 0 Å². The van der Waals surface area contributed by atoms with E-state index in [0.717, 1.165) is 0 Å². The van der Waals surface area contributed by atoms with Crippen molar-refractivity contribution in [3.8, 4) is 5.75 Å². The first-order valence-corrected chi connectivity index (χ1v) is 9.26. The minimum absolute atomic E-state index is 0.0291. The Labute approximate surface area is 150 Å². The smallest absolute Gasteiger partial charge is 0.368 e. The van der Waals surface area contributed by atoms with Crippen molar-refractivity contribution in [1.82, 2.24) is 4.90 Å². The van der Waals surface area contributed by atoms with Crippen LogP contribution in [-0.2, 0) is 14.9 Å². The van der Waals surface area contributed by atoms with Gasteiger partial charge in [0.05, 0.1) is 24.5 Å². The number of hydrogen-bond acceptors (Lipinski definition) is 7. The number of aromatic hydroxyl groups is 1. The third kappa shape index (κ3) is 3.63. The SMILES string of the molecule is COC1=NS(=O)(=O)N=C1Nc1cccc(C(=O)N2CCCC(O)C2)c1O. The van der Waals surface area contributed by atoms with Crippen LogP contribution in [0.15, 0.2) is 27.0 Å². The number of amides is 1. The van der Waals surface area contributed by atoms with Crippen LogP contribution in [0.5, 0.6) is 5.75 Å². The minimum atomic E-state index is -4.04. The van der Waals surface area contributed by atoms with E-state index >= 15 is 0 Å². The van der Waals surface area contributed by atoms with E-state index in [-0.39, 0.29) is 35.3 Å². The second-order valence-electron chi connectivity index (χ2n) is 5.86. The van der Waals surface area contributed by atoms with Crippen LogP contribution >= 0.6 is 0 Å². The van der Waals surface area contributed by atoms with Crippen molar-refractivity contribution in [2.75, 3.05) is 25.5 Å². The highest BCUT2D eigenvalue weighted by molar-refractivity contribution is 7.89. The number of hydrogen-bond donors (Lipinski definition) is 3. The zero-order valence-corrected chi connectivity index (χ0v) is 14.7. The fourth-order valence-electron chi connectivity index (χ4n) is 2.79. The molecule has 1 saturated heterocycles. The van der Waals surface area contributed by atoms with Crippen molar-refractivity contribution in [3.05, 3.63) is 23.8 Å². The molecule has 1 fully saturated rings. The highest BCUT2D eigenvalue weighted by atomic mass is 32.2. The molecule has 0 radical (unpaired) electrons. The largest absolute Gasteiger partial charge is 0.505 e. The molecule has 1 unspecified atom stereocenters. The Morgan fingerprint density at radius 1 is 1.38 bits per heavy atom. The second kappa shape index (κ2) is 6.92. The minimum Gasteiger partial charge on any atom is -0.505 e. The maximum absolute atomic E-state index is 12.6. The molecule has 0 spiro atoms. The number of piperidine rings is 1. The van der Waals surface area contributed by atoms with E-state index in [1.54, 1.807) is 0 Å². The van der Waals surface area contributed by atoms with Gasteiger partial charge in [0.2, 0.25) is 5.84 Å². The van der Waals surface area contributed by atoms with E-state index in [1.807, 2.05) is 0 Å². The normalized spacial score (nSPS) is 21.8. The van der Waals surface area contributed by atoms with Gasteiger partial charge in [-0.05, 0) is 25.0 Å². The first kappa shape index (κ1) is 18.1. The van der Waals surface area contributed by atoms with Gasteiger partial charge in [-0.3, -0.25) is 4.79 Å². The van der Waals surface area contributed by atoms with E-state index in [9.17, 15) is 23.4 Å². The van der Waals surface area contributed by atoms with E-state index < -0.39 is 22.2 Å². The number of phenolic OH excluding ortho intramolecular Hbond substituents is 1. The van der Waals surface area contributed by atoms with Gasteiger partial charge in [-0.2, -0.15) is 8.42 Å². The third-order valence-corrected chi connectivity index (χ3v) is 4.81. The molecule has 2 heterocycles. The predicted octanol–water partition coefficient (Wildman–Crippen LogP) is 0.103. The Hall–Kier alpha value is -2.66. The van der Waals surface area contributed by atoms with Crippen LogP contribution in [0, 0.1) is 0 Å². The molecule has 0 bridgehead atoms. The number of carbonyl (C=O) groups excluding carboxylic acids is 1. The van der Waals surface area contributed by atoms with Crippen molar-refractivity contribution in [2.24, 2.45) is 8.80 Å². The van der Waals surface area contributed by atoms with Gasteiger partial charge in [0.15, 0.2) is 5.75 Å². The van der Waals surface area contributed by atoms with Gasteiger partial charge in [-0.1, -0.05) is 6.07 Å². The second-order valence-corrected chi connectivity index (χ2v) is 7.12. The summed E-state index contributed by atoms with van der Waals surface area (Å²) in [5.74, 6) is -1.23. The molecule has 1 atom stereocenters. The lowest BCUT2D eigenvalue weighted by atomic mass is 10.1.